The largest absolute Gasteiger partial charge is 0.502 e. The molecule has 0 spiro atoms. The number of ketones is 1. The molecular weight excluding hydrogens is 353 g/mol. The molecule has 2 aliphatic rings. The van der Waals surface area contributed by atoms with Gasteiger partial charge in [0, 0.05) is 16.5 Å². The van der Waals surface area contributed by atoms with Crippen LogP contribution in [0.1, 0.15) is 48.2 Å². The molecule has 2 amide bonds. The molecule has 1 aromatic rings. The predicted molar refractivity (Wildman–Crippen MR) is 90.2 cm³/mol. The van der Waals surface area contributed by atoms with Gasteiger partial charge in [-0.15, -0.1) is 0 Å². The smallest absolute Gasteiger partial charge is 0.293 e. The summed E-state index contributed by atoms with van der Waals surface area (Å²) in [5, 5.41) is 11.9. The summed E-state index contributed by atoms with van der Waals surface area (Å²) in [4.78, 5) is 36.2. The Labute approximate surface area is 148 Å². The van der Waals surface area contributed by atoms with Crippen LogP contribution in [0.4, 0.5) is 0 Å². The molecular formula is C17H15Cl2NO4. The molecule has 2 N–H and O–H groups in total. The lowest BCUT2D eigenvalue weighted by Crippen LogP contribution is -2.23. The van der Waals surface area contributed by atoms with E-state index in [1.165, 1.54) is 0 Å². The number of rotatable bonds is 3. The zero-order valence-corrected chi connectivity index (χ0v) is 14.6. The third-order valence-corrected chi connectivity index (χ3v) is 5.49. The number of nitrogens with one attached hydrogen (secondary N) is 1. The van der Waals surface area contributed by atoms with E-state index in [0.29, 0.717) is 24.0 Å². The number of hydrogen-bond acceptors (Lipinski definition) is 4. The van der Waals surface area contributed by atoms with Gasteiger partial charge in [0.15, 0.2) is 11.5 Å². The topological polar surface area (TPSA) is 83.5 Å². The summed E-state index contributed by atoms with van der Waals surface area (Å²) in [6, 6.07) is 1.58. The lowest BCUT2D eigenvalue weighted by molar-refractivity contribution is -0.124. The number of Topliss-reactive ketones (excluding diaryl/α,β-unsaturated/α-hetero) is 1. The third-order valence-electron chi connectivity index (χ3n) is 4.62. The Kier molecular flexibility index (Phi) is 3.97. The first-order chi connectivity index (χ1) is 11.2. The van der Waals surface area contributed by atoms with Crippen molar-refractivity contribution in [2.75, 3.05) is 0 Å². The second-order valence-electron chi connectivity index (χ2n) is 6.41. The van der Waals surface area contributed by atoms with Crippen molar-refractivity contribution in [2.45, 2.75) is 33.1 Å². The molecule has 1 heterocycles. The maximum atomic E-state index is 12.8. The van der Waals surface area contributed by atoms with Crippen LogP contribution in [0.25, 0.3) is 5.57 Å². The number of benzene rings is 1. The fourth-order valence-corrected chi connectivity index (χ4v) is 4.05. The molecule has 0 radical (unpaired) electrons. The molecule has 126 valence electrons. The van der Waals surface area contributed by atoms with Gasteiger partial charge in [-0.3, -0.25) is 19.7 Å². The molecule has 0 saturated heterocycles. The molecule has 5 nitrogen and oxygen atoms in total. The number of hydrogen-bond donors (Lipinski definition) is 2. The van der Waals surface area contributed by atoms with Crippen LogP contribution in [-0.2, 0) is 16.0 Å². The van der Waals surface area contributed by atoms with E-state index in [2.05, 4.69) is 0 Å². The van der Waals surface area contributed by atoms with Gasteiger partial charge in [-0.2, -0.15) is 0 Å². The number of aliphatic hydroxyl groups excluding tert-OH is 1. The molecule has 0 bridgehead atoms. The quantitative estimate of drug-likeness (QED) is 0.801. The van der Waals surface area contributed by atoms with E-state index in [4.69, 9.17) is 23.2 Å². The highest BCUT2D eigenvalue weighted by atomic mass is 35.5. The van der Waals surface area contributed by atoms with Crippen LogP contribution in [0.15, 0.2) is 11.8 Å². The Bertz CT molecular complexity index is 843. The Morgan fingerprint density at radius 1 is 1.21 bits per heavy atom. The molecule has 0 aromatic heterocycles. The minimum Gasteiger partial charge on any atom is -0.502 e. The molecule has 1 aliphatic heterocycles. The zero-order chi connectivity index (χ0) is 17.8. The number of amides is 2. The van der Waals surface area contributed by atoms with Gasteiger partial charge in [-0.05, 0) is 24.5 Å². The van der Waals surface area contributed by atoms with Crippen molar-refractivity contribution >= 4 is 46.4 Å². The monoisotopic (exact) mass is 367 g/mol. The first kappa shape index (κ1) is 17.0. The van der Waals surface area contributed by atoms with E-state index in [0.717, 1.165) is 6.42 Å². The lowest BCUT2D eigenvalue weighted by atomic mass is 9.82. The van der Waals surface area contributed by atoms with Crippen LogP contribution in [0.2, 0.25) is 10.0 Å². The van der Waals surface area contributed by atoms with Crippen LogP contribution in [-0.4, -0.2) is 22.7 Å². The minimum atomic E-state index is -0.880. The van der Waals surface area contributed by atoms with Gasteiger partial charge in [-0.1, -0.05) is 43.5 Å². The highest BCUT2D eigenvalue weighted by molar-refractivity contribution is 6.47. The maximum absolute atomic E-state index is 12.8. The van der Waals surface area contributed by atoms with E-state index >= 15 is 0 Å². The van der Waals surface area contributed by atoms with Crippen molar-refractivity contribution < 1.29 is 19.5 Å². The third kappa shape index (κ3) is 2.26. The molecule has 24 heavy (non-hydrogen) atoms. The van der Waals surface area contributed by atoms with E-state index < -0.39 is 23.0 Å². The SMILES string of the molecule is CCCC1(C)Cc2cc(C3=C(O)C(=O)NC3=O)c(Cl)c(Cl)c2C1=O. The van der Waals surface area contributed by atoms with Crippen LogP contribution >= 0.6 is 23.2 Å². The van der Waals surface area contributed by atoms with Crippen molar-refractivity contribution in [1.82, 2.24) is 5.32 Å². The molecule has 0 fully saturated rings. The highest BCUT2D eigenvalue weighted by Crippen LogP contribution is 2.47. The standard InChI is InChI=1S/C17H15Cl2NO4/c1-3-4-17(2)6-7-5-8(10-13(21)16(24)20-15(10)23)11(18)12(19)9(7)14(17)22/h5H,3-4,6H2,1-2H3,(H2,20,21,23,24). The molecule has 1 unspecified atom stereocenters. The Morgan fingerprint density at radius 2 is 1.88 bits per heavy atom. The van der Waals surface area contributed by atoms with Crippen molar-refractivity contribution in [1.29, 1.82) is 0 Å². The van der Waals surface area contributed by atoms with Crippen LogP contribution in [0, 0.1) is 5.41 Å². The lowest BCUT2D eigenvalue weighted by Gasteiger charge is -2.20. The number of imide groups is 1. The van der Waals surface area contributed by atoms with Crippen LogP contribution in [0.5, 0.6) is 0 Å². The van der Waals surface area contributed by atoms with Crippen molar-refractivity contribution in [3.8, 4) is 0 Å². The van der Waals surface area contributed by atoms with Crippen LogP contribution in [0.3, 0.4) is 0 Å². The highest BCUT2D eigenvalue weighted by Gasteiger charge is 2.44. The normalized spacial score (nSPS) is 23.1. The van der Waals surface area contributed by atoms with Gasteiger partial charge in [0.05, 0.1) is 15.6 Å². The maximum Gasteiger partial charge on any atom is 0.293 e. The second-order valence-corrected chi connectivity index (χ2v) is 7.17. The molecule has 3 rings (SSSR count). The van der Waals surface area contributed by atoms with Crippen molar-refractivity contribution in [3.05, 3.63) is 38.6 Å². The predicted octanol–water partition coefficient (Wildman–Crippen LogP) is 3.46. The molecule has 7 heteroatoms. The first-order valence-electron chi connectivity index (χ1n) is 7.56. The second kappa shape index (κ2) is 5.60. The van der Waals surface area contributed by atoms with Gasteiger partial charge in [-0.25, -0.2) is 0 Å². The zero-order valence-electron chi connectivity index (χ0n) is 13.1. The van der Waals surface area contributed by atoms with Gasteiger partial charge in [0.2, 0.25) is 0 Å². The van der Waals surface area contributed by atoms with E-state index in [9.17, 15) is 19.5 Å². The Hall–Kier alpha value is -1.85. The summed E-state index contributed by atoms with van der Waals surface area (Å²) in [6.45, 7) is 3.88. The fourth-order valence-electron chi connectivity index (χ4n) is 3.50. The number of carbonyl (C=O) groups is 3. The van der Waals surface area contributed by atoms with E-state index in [1.54, 1.807) is 6.07 Å². The van der Waals surface area contributed by atoms with Crippen molar-refractivity contribution in [2.24, 2.45) is 5.41 Å². The Balaban J connectivity index is 2.20. The van der Waals surface area contributed by atoms with Crippen molar-refractivity contribution in [3.63, 3.8) is 0 Å². The number of aliphatic hydroxyl groups is 1. The molecule has 1 atom stereocenters. The van der Waals surface area contributed by atoms with E-state index in [1.807, 2.05) is 19.2 Å². The fraction of sp³-hybridized carbons (Fsp3) is 0.353. The van der Waals surface area contributed by atoms with Gasteiger partial charge in [0.25, 0.3) is 11.8 Å². The summed E-state index contributed by atoms with van der Waals surface area (Å²) in [7, 11) is 0. The van der Waals surface area contributed by atoms with Gasteiger partial charge in [0.1, 0.15) is 0 Å². The van der Waals surface area contributed by atoms with Gasteiger partial charge >= 0.3 is 0 Å². The average molecular weight is 368 g/mol. The first-order valence-corrected chi connectivity index (χ1v) is 8.31. The summed E-state index contributed by atoms with van der Waals surface area (Å²) in [5.41, 5.74) is 0.424. The number of carbonyl (C=O) groups excluding carboxylic acids is 3. The van der Waals surface area contributed by atoms with E-state index in [-0.39, 0.29) is 27.0 Å². The average Bonchev–Trinajstić information content (AvgIpc) is 2.90. The summed E-state index contributed by atoms with van der Waals surface area (Å²) < 4.78 is 0. The summed E-state index contributed by atoms with van der Waals surface area (Å²) in [5.74, 6) is -2.38. The molecule has 1 aliphatic carbocycles. The minimum absolute atomic E-state index is 0.0177. The number of fused-ring (bicyclic) bond motifs is 1. The molecule has 1 aromatic carbocycles. The Morgan fingerprint density at radius 3 is 2.42 bits per heavy atom. The number of halogens is 2. The van der Waals surface area contributed by atoms with Crippen LogP contribution < -0.4 is 5.32 Å². The summed E-state index contributed by atoms with van der Waals surface area (Å²) >= 11 is 12.6. The summed E-state index contributed by atoms with van der Waals surface area (Å²) in [6.07, 6.45) is 2.02. The molecule has 0 saturated carbocycles. The van der Waals surface area contributed by atoms with Gasteiger partial charge < -0.3 is 5.11 Å².